The highest BCUT2D eigenvalue weighted by Crippen LogP contribution is 2.24. The Hall–Kier alpha value is -0.470. The summed E-state index contributed by atoms with van der Waals surface area (Å²) in [6.07, 6.45) is 2.10. The molecule has 0 heterocycles. The molecule has 13 heavy (non-hydrogen) atoms. The average Bonchev–Trinajstić information content (AvgIpc) is 2.17. The number of halogens is 1. The van der Waals surface area contributed by atoms with E-state index < -0.39 is 0 Å². The molecule has 0 nitrogen and oxygen atoms in total. The third-order valence-electron chi connectivity index (χ3n) is 2.01. The van der Waals surface area contributed by atoms with Gasteiger partial charge in [0.05, 0.1) is 0 Å². The van der Waals surface area contributed by atoms with Gasteiger partial charge in [0.25, 0.3) is 0 Å². The summed E-state index contributed by atoms with van der Waals surface area (Å²) in [5, 5.41) is 2.59. The molecule has 0 spiro atoms. The third-order valence-corrected chi connectivity index (χ3v) is 3.23. The van der Waals surface area contributed by atoms with Crippen LogP contribution in [-0.4, -0.2) is 6.26 Å². The standard InChI is InChI=1S/C11H9BrS/c1-13-11-5-3-8-6-10(12)4-2-9(8)7-11/h2-7H,1H3. The van der Waals surface area contributed by atoms with E-state index >= 15 is 0 Å². The quantitative estimate of drug-likeness (QED) is 0.682. The van der Waals surface area contributed by atoms with Crippen molar-refractivity contribution in [2.75, 3.05) is 6.26 Å². The van der Waals surface area contributed by atoms with Gasteiger partial charge in [-0.25, -0.2) is 0 Å². The fourth-order valence-electron chi connectivity index (χ4n) is 1.32. The van der Waals surface area contributed by atoms with Crippen molar-refractivity contribution in [2.45, 2.75) is 4.90 Å². The van der Waals surface area contributed by atoms with E-state index in [1.54, 1.807) is 11.8 Å². The lowest BCUT2D eigenvalue weighted by Crippen LogP contribution is -1.74. The molecule has 2 aromatic carbocycles. The van der Waals surface area contributed by atoms with Crippen molar-refractivity contribution in [3.8, 4) is 0 Å². The zero-order valence-electron chi connectivity index (χ0n) is 7.25. The molecule has 0 bridgehead atoms. The van der Waals surface area contributed by atoms with Crippen LogP contribution in [0.2, 0.25) is 0 Å². The van der Waals surface area contributed by atoms with Gasteiger partial charge in [-0.3, -0.25) is 0 Å². The monoisotopic (exact) mass is 252 g/mol. The minimum absolute atomic E-state index is 1.14. The minimum atomic E-state index is 1.14. The summed E-state index contributed by atoms with van der Waals surface area (Å²) in [7, 11) is 0. The van der Waals surface area contributed by atoms with Crippen LogP contribution in [0.5, 0.6) is 0 Å². The first-order valence-electron chi connectivity index (χ1n) is 4.03. The molecule has 0 saturated heterocycles. The number of hydrogen-bond donors (Lipinski definition) is 0. The maximum absolute atomic E-state index is 3.46. The second kappa shape index (κ2) is 3.72. The van der Waals surface area contributed by atoms with Crippen LogP contribution in [-0.2, 0) is 0 Å². The van der Waals surface area contributed by atoms with E-state index in [4.69, 9.17) is 0 Å². The predicted molar refractivity (Wildman–Crippen MR) is 63.4 cm³/mol. The van der Waals surface area contributed by atoms with Crippen LogP contribution in [0.15, 0.2) is 45.8 Å². The van der Waals surface area contributed by atoms with Gasteiger partial charge >= 0.3 is 0 Å². The Labute approximate surface area is 90.5 Å². The van der Waals surface area contributed by atoms with Crippen LogP contribution in [0, 0.1) is 0 Å². The van der Waals surface area contributed by atoms with E-state index in [9.17, 15) is 0 Å². The maximum atomic E-state index is 3.46. The van der Waals surface area contributed by atoms with Gasteiger partial charge in [0.1, 0.15) is 0 Å². The van der Waals surface area contributed by atoms with Crippen molar-refractivity contribution in [1.29, 1.82) is 0 Å². The molecule has 0 aliphatic carbocycles. The molecule has 0 aliphatic heterocycles. The number of hydrogen-bond acceptors (Lipinski definition) is 1. The summed E-state index contributed by atoms with van der Waals surface area (Å²) in [5.74, 6) is 0. The highest BCUT2D eigenvalue weighted by atomic mass is 79.9. The van der Waals surface area contributed by atoms with E-state index in [-0.39, 0.29) is 0 Å². The Morgan fingerprint density at radius 3 is 2.46 bits per heavy atom. The molecule has 0 aliphatic rings. The van der Waals surface area contributed by atoms with Crippen molar-refractivity contribution >= 4 is 38.5 Å². The van der Waals surface area contributed by atoms with Gasteiger partial charge in [0.2, 0.25) is 0 Å². The van der Waals surface area contributed by atoms with Gasteiger partial charge in [-0.05, 0) is 41.3 Å². The first-order chi connectivity index (χ1) is 6.29. The molecule has 2 aromatic rings. The van der Waals surface area contributed by atoms with E-state index in [0.717, 1.165) is 4.47 Å². The Bertz CT molecular complexity index is 437. The molecule has 0 fully saturated rings. The van der Waals surface area contributed by atoms with E-state index in [1.807, 2.05) is 0 Å². The van der Waals surface area contributed by atoms with Gasteiger partial charge < -0.3 is 0 Å². The molecule has 0 saturated carbocycles. The SMILES string of the molecule is CSc1ccc2cc(Br)ccc2c1. The normalized spacial score (nSPS) is 10.6. The summed E-state index contributed by atoms with van der Waals surface area (Å²) < 4.78 is 1.14. The number of rotatable bonds is 1. The van der Waals surface area contributed by atoms with Crippen LogP contribution in [0.3, 0.4) is 0 Å². The second-order valence-corrected chi connectivity index (χ2v) is 4.65. The van der Waals surface area contributed by atoms with Crippen LogP contribution in [0.1, 0.15) is 0 Å². The van der Waals surface area contributed by atoms with Crippen molar-refractivity contribution in [1.82, 2.24) is 0 Å². The Balaban J connectivity index is 2.66. The lowest BCUT2D eigenvalue weighted by atomic mass is 10.1. The van der Waals surface area contributed by atoms with Gasteiger partial charge in [-0.2, -0.15) is 0 Å². The van der Waals surface area contributed by atoms with E-state index in [0.29, 0.717) is 0 Å². The molecule has 0 unspecified atom stereocenters. The molecule has 0 radical (unpaired) electrons. The molecule has 0 aromatic heterocycles. The second-order valence-electron chi connectivity index (χ2n) is 2.86. The lowest BCUT2D eigenvalue weighted by molar-refractivity contribution is 1.51. The van der Waals surface area contributed by atoms with E-state index in [1.165, 1.54) is 15.7 Å². The van der Waals surface area contributed by atoms with Crippen LogP contribution < -0.4 is 0 Å². The molecule has 0 atom stereocenters. The lowest BCUT2D eigenvalue weighted by Gasteiger charge is -2.00. The Morgan fingerprint density at radius 2 is 1.69 bits per heavy atom. The van der Waals surface area contributed by atoms with Crippen molar-refractivity contribution in [3.63, 3.8) is 0 Å². The summed E-state index contributed by atoms with van der Waals surface area (Å²) in [4.78, 5) is 1.31. The Morgan fingerprint density at radius 1 is 1.00 bits per heavy atom. The van der Waals surface area contributed by atoms with Crippen molar-refractivity contribution in [3.05, 3.63) is 40.9 Å². The third kappa shape index (κ3) is 1.89. The summed E-state index contributed by atoms with van der Waals surface area (Å²) in [5.41, 5.74) is 0. The van der Waals surface area contributed by atoms with Gasteiger partial charge in [0.15, 0.2) is 0 Å². The largest absolute Gasteiger partial charge is 0.130 e. The molecule has 2 heteroatoms. The molecule has 0 amide bonds. The smallest absolute Gasteiger partial charge is 0.0181 e. The maximum Gasteiger partial charge on any atom is 0.0181 e. The molecule has 66 valence electrons. The fourth-order valence-corrected chi connectivity index (χ4v) is 2.15. The fraction of sp³-hybridized carbons (Fsp3) is 0.0909. The summed E-state index contributed by atoms with van der Waals surface area (Å²) >= 11 is 5.24. The number of fused-ring (bicyclic) bond motifs is 1. The van der Waals surface area contributed by atoms with Gasteiger partial charge in [-0.15, -0.1) is 11.8 Å². The molecular weight excluding hydrogens is 244 g/mol. The van der Waals surface area contributed by atoms with Crippen molar-refractivity contribution < 1.29 is 0 Å². The highest BCUT2D eigenvalue weighted by Gasteiger charge is 1.95. The van der Waals surface area contributed by atoms with Crippen LogP contribution >= 0.6 is 27.7 Å². The number of thioether (sulfide) groups is 1. The van der Waals surface area contributed by atoms with Crippen molar-refractivity contribution in [2.24, 2.45) is 0 Å². The van der Waals surface area contributed by atoms with Crippen LogP contribution in [0.25, 0.3) is 10.8 Å². The minimum Gasteiger partial charge on any atom is -0.130 e. The summed E-state index contributed by atoms with van der Waals surface area (Å²) in [6.45, 7) is 0. The zero-order chi connectivity index (χ0) is 9.26. The molecule has 0 N–H and O–H groups in total. The topological polar surface area (TPSA) is 0 Å². The van der Waals surface area contributed by atoms with E-state index in [2.05, 4.69) is 58.6 Å². The summed E-state index contributed by atoms with van der Waals surface area (Å²) in [6, 6.07) is 12.9. The highest BCUT2D eigenvalue weighted by molar-refractivity contribution is 9.10. The molecular formula is C11H9BrS. The first-order valence-corrected chi connectivity index (χ1v) is 6.05. The predicted octanol–water partition coefficient (Wildman–Crippen LogP) is 4.32. The first kappa shape index (κ1) is 9.10. The zero-order valence-corrected chi connectivity index (χ0v) is 9.65. The van der Waals surface area contributed by atoms with Crippen LogP contribution in [0.4, 0.5) is 0 Å². The Kier molecular flexibility index (Phi) is 2.61. The van der Waals surface area contributed by atoms with Gasteiger partial charge in [-0.1, -0.05) is 28.1 Å². The molecule has 2 rings (SSSR count). The number of benzene rings is 2. The average molecular weight is 253 g/mol. The van der Waals surface area contributed by atoms with Gasteiger partial charge in [0, 0.05) is 9.37 Å².